The largest absolute Gasteiger partial charge is 0.342 e. The number of hydrogen-bond acceptors (Lipinski definition) is 4. The van der Waals surface area contributed by atoms with Crippen molar-refractivity contribution in [2.45, 2.75) is 31.7 Å². The number of carbonyl (C=O) groups is 1. The molecule has 0 radical (unpaired) electrons. The van der Waals surface area contributed by atoms with E-state index in [2.05, 4.69) is 20.5 Å². The predicted octanol–water partition coefficient (Wildman–Crippen LogP) is 1.95. The van der Waals surface area contributed by atoms with Crippen LogP contribution in [0.4, 0.5) is 0 Å². The second-order valence-electron chi connectivity index (χ2n) is 6.24. The molecule has 0 bridgehead atoms. The van der Waals surface area contributed by atoms with E-state index in [4.69, 9.17) is 0 Å². The van der Waals surface area contributed by atoms with Gasteiger partial charge in [-0.3, -0.25) is 9.89 Å². The number of aromatic nitrogens is 5. The number of para-hydroxylation sites is 1. The van der Waals surface area contributed by atoms with Crippen molar-refractivity contribution in [1.29, 1.82) is 0 Å². The summed E-state index contributed by atoms with van der Waals surface area (Å²) in [6.07, 6.45) is 4.34. The van der Waals surface area contributed by atoms with Crippen molar-refractivity contribution in [2.75, 3.05) is 13.1 Å². The number of H-pyrrole nitrogens is 1. The van der Waals surface area contributed by atoms with E-state index in [9.17, 15) is 4.79 Å². The standard InChI is InChI=1S/C17H20N6O/c24-17(8-11-23-16-6-2-1-5-15(16)20-21-23)22-10-3-4-13(12-22)14-7-9-18-19-14/h1-2,5-7,9,13H,3-4,8,10-12H2,(H,18,19)/t13-/m1/s1. The molecule has 1 N–H and O–H groups in total. The summed E-state index contributed by atoms with van der Waals surface area (Å²) in [7, 11) is 0. The fourth-order valence-corrected chi connectivity index (χ4v) is 3.39. The van der Waals surface area contributed by atoms with E-state index in [1.807, 2.05) is 39.9 Å². The van der Waals surface area contributed by atoms with E-state index in [0.717, 1.165) is 42.7 Å². The number of amides is 1. The quantitative estimate of drug-likeness (QED) is 0.795. The number of aryl methyl sites for hydroxylation is 1. The summed E-state index contributed by atoms with van der Waals surface area (Å²) in [6, 6.07) is 9.81. The molecule has 0 spiro atoms. The SMILES string of the molecule is O=C(CCn1nnc2ccccc21)N1CCC[C@@H](c2ccn[nH]2)C1. The molecule has 1 amide bonds. The van der Waals surface area contributed by atoms with Crippen LogP contribution in [-0.4, -0.2) is 49.1 Å². The van der Waals surface area contributed by atoms with Gasteiger partial charge in [-0.05, 0) is 31.0 Å². The molecule has 4 rings (SSSR count). The Hall–Kier alpha value is -2.70. The lowest BCUT2D eigenvalue weighted by atomic mass is 9.95. The monoisotopic (exact) mass is 324 g/mol. The highest BCUT2D eigenvalue weighted by molar-refractivity contribution is 5.77. The number of hydrogen-bond donors (Lipinski definition) is 1. The summed E-state index contributed by atoms with van der Waals surface area (Å²) >= 11 is 0. The van der Waals surface area contributed by atoms with Crippen LogP contribution in [0.1, 0.15) is 30.9 Å². The van der Waals surface area contributed by atoms with Crippen molar-refractivity contribution < 1.29 is 4.79 Å². The number of piperidine rings is 1. The van der Waals surface area contributed by atoms with Crippen LogP contribution in [0.5, 0.6) is 0 Å². The molecule has 1 aliphatic heterocycles. The van der Waals surface area contributed by atoms with Crippen LogP contribution in [0, 0.1) is 0 Å². The van der Waals surface area contributed by atoms with Crippen molar-refractivity contribution >= 4 is 16.9 Å². The molecule has 3 heterocycles. The normalized spacial score (nSPS) is 18.2. The van der Waals surface area contributed by atoms with Gasteiger partial charge in [0.15, 0.2) is 0 Å². The summed E-state index contributed by atoms with van der Waals surface area (Å²) in [6.45, 7) is 2.16. The Kier molecular flexibility index (Phi) is 3.98. The molecular formula is C17H20N6O. The van der Waals surface area contributed by atoms with E-state index in [-0.39, 0.29) is 5.91 Å². The van der Waals surface area contributed by atoms with Gasteiger partial charge in [-0.25, -0.2) is 4.68 Å². The van der Waals surface area contributed by atoms with Gasteiger partial charge in [0.05, 0.1) is 12.1 Å². The molecule has 1 atom stereocenters. The van der Waals surface area contributed by atoms with Gasteiger partial charge in [0.1, 0.15) is 5.52 Å². The number of nitrogens with zero attached hydrogens (tertiary/aromatic N) is 5. The lowest BCUT2D eigenvalue weighted by Crippen LogP contribution is -2.39. The maximum absolute atomic E-state index is 12.6. The first-order valence-corrected chi connectivity index (χ1v) is 8.36. The summed E-state index contributed by atoms with van der Waals surface area (Å²) < 4.78 is 1.81. The minimum atomic E-state index is 0.179. The van der Waals surface area contributed by atoms with Crippen LogP contribution < -0.4 is 0 Å². The Balaban J connectivity index is 1.39. The summed E-state index contributed by atoms with van der Waals surface area (Å²) in [5, 5.41) is 15.3. The number of aromatic amines is 1. The Morgan fingerprint density at radius 3 is 3.08 bits per heavy atom. The Bertz CT molecular complexity index is 825. The highest BCUT2D eigenvalue weighted by Gasteiger charge is 2.25. The lowest BCUT2D eigenvalue weighted by molar-refractivity contribution is -0.132. The number of benzene rings is 1. The molecular weight excluding hydrogens is 304 g/mol. The van der Waals surface area contributed by atoms with Crippen LogP contribution in [0.2, 0.25) is 0 Å². The van der Waals surface area contributed by atoms with Gasteiger partial charge in [0.2, 0.25) is 5.91 Å². The molecule has 0 saturated carbocycles. The highest BCUT2D eigenvalue weighted by atomic mass is 16.2. The maximum atomic E-state index is 12.6. The second kappa shape index (κ2) is 6.43. The summed E-state index contributed by atoms with van der Waals surface area (Å²) in [5.41, 5.74) is 2.95. The molecule has 1 aromatic carbocycles. The first-order chi connectivity index (χ1) is 11.8. The minimum absolute atomic E-state index is 0.179. The van der Waals surface area contributed by atoms with Gasteiger partial charge < -0.3 is 4.90 Å². The van der Waals surface area contributed by atoms with Crippen molar-refractivity contribution in [3.63, 3.8) is 0 Å². The third-order valence-corrected chi connectivity index (χ3v) is 4.69. The van der Waals surface area contributed by atoms with Crippen LogP contribution in [0.15, 0.2) is 36.5 Å². The summed E-state index contributed by atoms with van der Waals surface area (Å²) in [5.74, 6) is 0.538. The fraction of sp³-hybridized carbons (Fsp3) is 0.412. The molecule has 1 saturated heterocycles. The van der Waals surface area contributed by atoms with E-state index >= 15 is 0 Å². The van der Waals surface area contributed by atoms with Gasteiger partial charge >= 0.3 is 0 Å². The molecule has 0 unspecified atom stereocenters. The fourth-order valence-electron chi connectivity index (χ4n) is 3.39. The van der Waals surface area contributed by atoms with Crippen LogP contribution in [0.3, 0.4) is 0 Å². The van der Waals surface area contributed by atoms with E-state index < -0.39 is 0 Å². The van der Waals surface area contributed by atoms with Crippen LogP contribution in [-0.2, 0) is 11.3 Å². The Morgan fingerprint density at radius 1 is 1.29 bits per heavy atom. The van der Waals surface area contributed by atoms with Crippen LogP contribution in [0.25, 0.3) is 11.0 Å². The zero-order chi connectivity index (χ0) is 16.4. The van der Waals surface area contributed by atoms with Gasteiger partial charge in [0, 0.05) is 37.3 Å². The second-order valence-corrected chi connectivity index (χ2v) is 6.24. The maximum Gasteiger partial charge on any atom is 0.224 e. The zero-order valence-corrected chi connectivity index (χ0v) is 13.4. The molecule has 124 valence electrons. The topological polar surface area (TPSA) is 79.7 Å². The van der Waals surface area contributed by atoms with Crippen molar-refractivity contribution in [2.24, 2.45) is 0 Å². The third-order valence-electron chi connectivity index (χ3n) is 4.69. The molecule has 24 heavy (non-hydrogen) atoms. The van der Waals surface area contributed by atoms with E-state index in [1.165, 1.54) is 0 Å². The lowest BCUT2D eigenvalue weighted by Gasteiger charge is -2.32. The molecule has 2 aromatic heterocycles. The first-order valence-electron chi connectivity index (χ1n) is 8.36. The zero-order valence-electron chi connectivity index (χ0n) is 13.4. The number of nitrogens with one attached hydrogen (secondary N) is 1. The average molecular weight is 324 g/mol. The Morgan fingerprint density at radius 2 is 2.21 bits per heavy atom. The van der Waals surface area contributed by atoms with Crippen molar-refractivity contribution in [3.05, 3.63) is 42.2 Å². The molecule has 7 heteroatoms. The minimum Gasteiger partial charge on any atom is -0.342 e. The molecule has 7 nitrogen and oxygen atoms in total. The van der Waals surface area contributed by atoms with Crippen molar-refractivity contribution in [3.8, 4) is 0 Å². The first kappa shape index (κ1) is 14.9. The van der Waals surface area contributed by atoms with E-state index in [0.29, 0.717) is 18.9 Å². The molecule has 1 fully saturated rings. The van der Waals surface area contributed by atoms with E-state index in [1.54, 1.807) is 6.20 Å². The van der Waals surface area contributed by atoms with Crippen molar-refractivity contribution in [1.82, 2.24) is 30.1 Å². The summed E-state index contributed by atoms with van der Waals surface area (Å²) in [4.78, 5) is 14.5. The Labute approximate surface area is 139 Å². The smallest absolute Gasteiger partial charge is 0.224 e. The highest BCUT2D eigenvalue weighted by Crippen LogP contribution is 2.25. The molecule has 1 aliphatic rings. The number of rotatable bonds is 4. The van der Waals surface area contributed by atoms with Gasteiger partial charge in [-0.1, -0.05) is 17.3 Å². The molecule has 0 aliphatic carbocycles. The third kappa shape index (κ3) is 2.89. The number of likely N-dealkylation sites (tertiary alicyclic amines) is 1. The van der Waals surface area contributed by atoms with Gasteiger partial charge in [-0.15, -0.1) is 5.10 Å². The molecule has 3 aromatic rings. The number of fused-ring (bicyclic) bond motifs is 1. The van der Waals surface area contributed by atoms with Gasteiger partial charge in [-0.2, -0.15) is 5.10 Å². The van der Waals surface area contributed by atoms with Crippen LogP contribution >= 0.6 is 0 Å². The average Bonchev–Trinajstić information content (AvgIpc) is 3.30. The number of carbonyl (C=O) groups excluding carboxylic acids is 1. The predicted molar refractivity (Wildman–Crippen MR) is 89.3 cm³/mol. The van der Waals surface area contributed by atoms with Gasteiger partial charge in [0.25, 0.3) is 0 Å².